The van der Waals surface area contributed by atoms with E-state index in [9.17, 15) is 4.79 Å². The molecule has 3 rings (SSSR count). The smallest absolute Gasteiger partial charge is 0.247 e. The van der Waals surface area contributed by atoms with Gasteiger partial charge >= 0.3 is 0 Å². The molecule has 0 aromatic heterocycles. The van der Waals surface area contributed by atoms with Crippen molar-refractivity contribution in [3.05, 3.63) is 95.6 Å². The molecule has 0 fully saturated rings. The predicted octanol–water partition coefficient (Wildman–Crippen LogP) is 5.46. The molecule has 1 N–H and O–H groups in total. The minimum Gasteiger partial charge on any atom is -0.497 e. The van der Waals surface area contributed by atoms with Crippen LogP contribution in [0.25, 0.3) is 0 Å². The molecule has 0 aliphatic heterocycles. The Labute approximate surface area is 211 Å². The van der Waals surface area contributed by atoms with Crippen molar-refractivity contribution in [2.45, 2.75) is 12.3 Å². The van der Waals surface area contributed by atoms with Gasteiger partial charge in [0.25, 0.3) is 0 Å². The van der Waals surface area contributed by atoms with Crippen LogP contribution in [0.2, 0.25) is 0 Å². The Morgan fingerprint density at radius 2 is 1.62 bits per heavy atom. The minimum atomic E-state index is -0.367. The molecular formula is C27H29Cl2N3O2. The minimum absolute atomic E-state index is 0.162. The molecule has 7 heteroatoms. The molecule has 0 radical (unpaired) electrons. The first-order valence-electron chi connectivity index (χ1n) is 11.1. The van der Waals surface area contributed by atoms with E-state index in [2.05, 4.69) is 15.4 Å². The van der Waals surface area contributed by atoms with Crippen LogP contribution in [0.1, 0.15) is 22.6 Å². The van der Waals surface area contributed by atoms with Crippen LogP contribution in [0.15, 0.2) is 84.0 Å². The first-order chi connectivity index (χ1) is 16.6. The number of benzene rings is 3. The molecule has 0 saturated carbocycles. The number of alkyl halides is 2. The Morgan fingerprint density at radius 3 is 2.21 bits per heavy atom. The summed E-state index contributed by atoms with van der Waals surface area (Å²) in [4.78, 5) is 15.2. The van der Waals surface area contributed by atoms with Crippen molar-refractivity contribution >= 4 is 41.0 Å². The van der Waals surface area contributed by atoms with Crippen molar-refractivity contribution in [3.8, 4) is 5.75 Å². The van der Waals surface area contributed by atoms with E-state index in [0.717, 1.165) is 41.2 Å². The van der Waals surface area contributed by atoms with Crippen LogP contribution in [0.3, 0.4) is 0 Å². The number of hydrogen-bond donors (Lipinski definition) is 1. The highest BCUT2D eigenvalue weighted by molar-refractivity contribution is 6.18. The predicted molar refractivity (Wildman–Crippen MR) is 142 cm³/mol. The summed E-state index contributed by atoms with van der Waals surface area (Å²) >= 11 is 11.8. The lowest BCUT2D eigenvalue weighted by molar-refractivity contribution is -0.122. The average Bonchev–Trinajstić information content (AvgIpc) is 2.88. The molecule has 34 heavy (non-hydrogen) atoms. The quantitative estimate of drug-likeness (QED) is 0.205. The number of hydrogen-bond acceptors (Lipinski definition) is 4. The van der Waals surface area contributed by atoms with E-state index in [0.29, 0.717) is 18.2 Å². The molecule has 1 amide bonds. The van der Waals surface area contributed by atoms with Gasteiger partial charge in [0.2, 0.25) is 5.91 Å². The normalized spacial score (nSPS) is 11.9. The second-order valence-corrected chi connectivity index (χ2v) is 8.46. The van der Waals surface area contributed by atoms with Crippen molar-refractivity contribution < 1.29 is 9.53 Å². The van der Waals surface area contributed by atoms with Gasteiger partial charge in [0, 0.05) is 30.5 Å². The van der Waals surface area contributed by atoms with E-state index >= 15 is 0 Å². The summed E-state index contributed by atoms with van der Waals surface area (Å²) in [6.07, 6.45) is 2.20. The molecule has 0 aliphatic rings. The summed E-state index contributed by atoms with van der Waals surface area (Å²) in [6, 6.07) is 25.4. The summed E-state index contributed by atoms with van der Waals surface area (Å²) in [6.45, 7) is 1.46. The van der Waals surface area contributed by atoms with Crippen LogP contribution >= 0.6 is 23.2 Å². The van der Waals surface area contributed by atoms with Crippen LogP contribution < -0.4 is 15.1 Å². The maximum absolute atomic E-state index is 13.1. The van der Waals surface area contributed by atoms with E-state index in [4.69, 9.17) is 27.9 Å². The molecule has 0 aliphatic carbocycles. The second-order valence-electron chi connectivity index (χ2n) is 7.71. The Morgan fingerprint density at radius 1 is 0.971 bits per heavy atom. The van der Waals surface area contributed by atoms with Crippen LogP contribution in [-0.2, 0) is 11.2 Å². The van der Waals surface area contributed by atoms with Gasteiger partial charge in [-0.3, -0.25) is 4.79 Å². The summed E-state index contributed by atoms with van der Waals surface area (Å²) in [7, 11) is 1.64. The van der Waals surface area contributed by atoms with Gasteiger partial charge < -0.3 is 9.64 Å². The van der Waals surface area contributed by atoms with Gasteiger partial charge in [-0.2, -0.15) is 5.10 Å². The number of anilines is 1. The molecule has 178 valence electrons. The summed E-state index contributed by atoms with van der Waals surface area (Å²) < 4.78 is 5.23. The Hall–Kier alpha value is -3.02. The molecule has 3 aromatic carbocycles. The third-order valence-electron chi connectivity index (χ3n) is 5.47. The third-order valence-corrected chi connectivity index (χ3v) is 5.81. The number of rotatable bonds is 12. The van der Waals surface area contributed by atoms with Gasteiger partial charge in [-0.15, -0.1) is 23.2 Å². The van der Waals surface area contributed by atoms with Gasteiger partial charge in [-0.05, 0) is 47.4 Å². The monoisotopic (exact) mass is 497 g/mol. The number of methoxy groups -OCH3 is 1. The van der Waals surface area contributed by atoms with Crippen LogP contribution in [0, 0.1) is 0 Å². The van der Waals surface area contributed by atoms with Crippen molar-refractivity contribution in [2.75, 3.05) is 36.9 Å². The van der Waals surface area contributed by atoms with Crippen LogP contribution in [0.4, 0.5) is 5.69 Å². The zero-order valence-electron chi connectivity index (χ0n) is 19.2. The molecule has 0 bridgehead atoms. The number of nitrogens with zero attached hydrogens (tertiary/aromatic N) is 2. The lowest BCUT2D eigenvalue weighted by Gasteiger charge is -2.22. The van der Waals surface area contributed by atoms with Crippen molar-refractivity contribution in [1.82, 2.24) is 5.43 Å². The SMILES string of the molecule is COc1ccc(C[C@H](C(=O)N/N=C/c2ccc(N(CCCl)CCCl)cc2)c2ccccc2)cc1. The van der Waals surface area contributed by atoms with Crippen LogP contribution in [0.5, 0.6) is 5.75 Å². The van der Waals surface area contributed by atoms with Crippen molar-refractivity contribution in [2.24, 2.45) is 5.10 Å². The zero-order valence-corrected chi connectivity index (χ0v) is 20.7. The highest BCUT2D eigenvalue weighted by Gasteiger charge is 2.21. The fourth-order valence-electron chi connectivity index (χ4n) is 3.64. The second kappa shape index (κ2) is 13.6. The van der Waals surface area contributed by atoms with Gasteiger partial charge in [0.1, 0.15) is 5.75 Å². The van der Waals surface area contributed by atoms with Crippen LogP contribution in [-0.4, -0.2) is 44.1 Å². The van der Waals surface area contributed by atoms with Crippen molar-refractivity contribution in [3.63, 3.8) is 0 Å². The first-order valence-corrected chi connectivity index (χ1v) is 12.2. The molecule has 5 nitrogen and oxygen atoms in total. The van der Waals surface area contributed by atoms with E-state index < -0.39 is 0 Å². The number of carbonyl (C=O) groups excluding carboxylic acids is 1. The standard InChI is InChI=1S/C27H29Cl2N3O2/c1-34-25-13-9-21(10-14-25)19-26(23-5-3-2-4-6-23)27(33)31-30-20-22-7-11-24(12-8-22)32(17-15-28)18-16-29/h2-14,20,26H,15-19H2,1H3,(H,31,33)/b30-20+/t26-/m0/s1. The van der Waals surface area contributed by atoms with E-state index in [1.54, 1.807) is 13.3 Å². The molecule has 0 spiro atoms. The van der Waals surface area contributed by atoms with E-state index in [1.807, 2.05) is 78.9 Å². The van der Waals surface area contributed by atoms with E-state index in [1.165, 1.54) is 0 Å². The number of carbonyl (C=O) groups is 1. The van der Waals surface area contributed by atoms with Gasteiger partial charge in [-0.1, -0.05) is 54.6 Å². The molecule has 0 heterocycles. The lowest BCUT2D eigenvalue weighted by atomic mass is 9.91. The molecule has 3 aromatic rings. The number of ether oxygens (including phenoxy) is 1. The molecule has 0 saturated heterocycles. The largest absolute Gasteiger partial charge is 0.497 e. The maximum Gasteiger partial charge on any atom is 0.247 e. The summed E-state index contributed by atoms with van der Waals surface area (Å²) in [5, 5.41) is 4.20. The summed E-state index contributed by atoms with van der Waals surface area (Å²) in [5.74, 6) is 1.32. The first kappa shape index (κ1) is 25.6. The third kappa shape index (κ3) is 7.51. The van der Waals surface area contributed by atoms with Gasteiger partial charge in [-0.25, -0.2) is 5.43 Å². The molecule has 1 atom stereocenters. The zero-order chi connectivity index (χ0) is 24.2. The summed E-state index contributed by atoms with van der Waals surface area (Å²) in [5.41, 5.74) is 6.62. The maximum atomic E-state index is 13.1. The van der Waals surface area contributed by atoms with E-state index in [-0.39, 0.29) is 11.8 Å². The van der Waals surface area contributed by atoms with Gasteiger partial charge in [0.05, 0.1) is 19.2 Å². The average molecular weight is 498 g/mol. The Balaban J connectivity index is 1.67. The topological polar surface area (TPSA) is 53.9 Å². The number of amides is 1. The number of halogens is 2. The van der Waals surface area contributed by atoms with Gasteiger partial charge in [0.15, 0.2) is 0 Å². The highest BCUT2D eigenvalue weighted by atomic mass is 35.5. The number of nitrogens with one attached hydrogen (secondary N) is 1. The van der Waals surface area contributed by atoms with Crippen molar-refractivity contribution in [1.29, 1.82) is 0 Å². The Bertz CT molecular complexity index is 1040. The fraction of sp³-hybridized carbons (Fsp3) is 0.259. The molecular weight excluding hydrogens is 469 g/mol. The number of hydrazone groups is 1. The Kier molecular flexibility index (Phi) is 10.3. The lowest BCUT2D eigenvalue weighted by Crippen LogP contribution is -2.27. The molecule has 0 unspecified atom stereocenters. The fourth-order valence-corrected chi connectivity index (χ4v) is 4.05. The highest BCUT2D eigenvalue weighted by Crippen LogP contribution is 2.23.